The van der Waals surface area contributed by atoms with Crippen LogP contribution in [-0.2, 0) is 19.2 Å². The van der Waals surface area contributed by atoms with Gasteiger partial charge >= 0.3 is 0 Å². The molecule has 0 aromatic carbocycles. The zero-order valence-electron chi connectivity index (χ0n) is 10.9. The lowest BCUT2D eigenvalue weighted by Crippen LogP contribution is -2.38. The third-order valence-corrected chi connectivity index (χ3v) is 3.74. The molecule has 4 amide bonds. The first-order valence-electron chi connectivity index (χ1n) is 5.88. The fraction of sp³-hybridized carbons (Fsp3) is 0.400. The number of hydrazine groups is 1. The summed E-state index contributed by atoms with van der Waals surface area (Å²) in [5, 5.41) is 16.5. The predicted molar refractivity (Wildman–Crippen MR) is 65.8 cm³/mol. The second-order valence-electron chi connectivity index (χ2n) is 4.42. The van der Waals surface area contributed by atoms with Crippen LogP contribution in [0.4, 0.5) is 5.13 Å². The van der Waals surface area contributed by atoms with E-state index < -0.39 is 35.6 Å². The Labute approximate surface area is 121 Å². The highest BCUT2D eigenvalue weighted by atomic mass is 32.1. The molecule has 1 aromatic rings. The van der Waals surface area contributed by atoms with Crippen LogP contribution in [0.15, 0.2) is 10.2 Å². The van der Waals surface area contributed by atoms with Crippen molar-refractivity contribution in [3.63, 3.8) is 0 Å². The van der Waals surface area contributed by atoms with Gasteiger partial charge in [0.1, 0.15) is 10.9 Å². The summed E-state index contributed by atoms with van der Waals surface area (Å²) in [7, 11) is 0. The average Bonchev–Trinajstić information content (AvgIpc) is 3.03. The summed E-state index contributed by atoms with van der Waals surface area (Å²) in [6.45, 7) is 3.05. The fourth-order valence-corrected chi connectivity index (χ4v) is 2.47. The van der Waals surface area contributed by atoms with E-state index in [4.69, 9.17) is 0 Å². The van der Waals surface area contributed by atoms with Gasteiger partial charge < -0.3 is 0 Å². The maximum atomic E-state index is 12.0. The SMILES string of the molecule is Cc1nnc(/N=N/C2C(=O)N3C(=O)C(C)C(=O)N3C2=O)s1. The molecule has 0 atom stereocenters. The molecule has 0 aliphatic carbocycles. The van der Waals surface area contributed by atoms with Gasteiger partial charge in [-0.2, -0.15) is 15.1 Å². The second-order valence-corrected chi connectivity index (χ2v) is 5.58. The normalized spacial score (nSPS) is 20.5. The van der Waals surface area contributed by atoms with E-state index in [1.807, 2.05) is 0 Å². The van der Waals surface area contributed by atoms with E-state index in [-0.39, 0.29) is 5.13 Å². The summed E-state index contributed by atoms with van der Waals surface area (Å²) >= 11 is 1.13. The van der Waals surface area contributed by atoms with Gasteiger partial charge in [-0.25, -0.2) is 0 Å². The van der Waals surface area contributed by atoms with E-state index >= 15 is 0 Å². The number of fused-ring (bicyclic) bond motifs is 1. The van der Waals surface area contributed by atoms with Crippen molar-refractivity contribution in [3.8, 4) is 0 Å². The predicted octanol–water partition coefficient (Wildman–Crippen LogP) is -0.412. The van der Waals surface area contributed by atoms with Crippen LogP contribution < -0.4 is 0 Å². The number of hydrogen-bond acceptors (Lipinski definition) is 9. The van der Waals surface area contributed by atoms with E-state index in [0.29, 0.717) is 15.0 Å². The van der Waals surface area contributed by atoms with Crippen molar-refractivity contribution >= 4 is 40.1 Å². The first-order chi connectivity index (χ1) is 9.91. The van der Waals surface area contributed by atoms with Crippen molar-refractivity contribution in [1.29, 1.82) is 0 Å². The molecule has 108 valence electrons. The molecule has 0 unspecified atom stereocenters. The van der Waals surface area contributed by atoms with Crippen LogP contribution in [-0.4, -0.2) is 49.9 Å². The molecule has 0 spiro atoms. The second kappa shape index (κ2) is 4.48. The molecule has 2 aliphatic rings. The van der Waals surface area contributed by atoms with Crippen molar-refractivity contribution in [2.75, 3.05) is 0 Å². The summed E-state index contributed by atoms with van der Waals surface area (Å²) in [4.78, 5) is 47.6. The Kier molecular flexibility index (Phi) is 2.86. The number of nitrogens with zero attached hydrogens (tertiary/aromatic N) is 6. The lowest BCUT2D eigenvalue weighted by atomic mass is 10.1. The Hall–Kier alpha value is -2.56. The lowest BCUT2D eigenvalue weighted by Gasteiger charge is -2.12. The molecule has 0 bridgehead atoms. The monoisotopic (exact) mass is 308 g/mol. The zero-order valence-corrected chi connectivity index (χ0v) is 11.7. The first kappa shape index (κ1) is 13.4. The molecule has 0 saturated carbocycles. The quantitative estimate of drug-likeness (QED) is 0.415. The zero-order chi connectivity index (χ0) is 15.3. The lowest BCUT2D eigenvalue weighted by molar-refractivity contribution is -0.159. The van der Waals surface area contributed by atoms with E-state index in [9.17, 15) is 19.2 Å². The topological polar surface area (TPSA) is 125 Å². The molecule has 2 aliphatic heterocycles. The summed E-state index contributed by atoms with van der Waals surface area (Å²) in [6, 6.07) is -1.53. The minimum absolute atomic E-state index is 0.182. The molecule has 0 N–H and O–H groups in total. The minimum Gasteiger partial charge on any atom is -0.272 e. The molecule has 2 saturated heterocycles. The van der Waals surface area contributed by atoms with Crippen molar-refractivity contribution in [2.45, 2.75) is 19.9 Å². The van der Waals surface area contributed by atoms with Gasteiger partial charge in [0.15, 0.2) is 0 Å². The van der Waals surface area contributed by atoms with E-state index in [1.165, 1.54) is 6.92 Å². The number of carbonyl (C=O) groups excluding carboxylic acids is 4. The number of azo groups is 1. The highest BCUT2D eigenvalue weighted by Gasteiger charge is 2.59. The smallest absolute Gasteiger partial charge is 0.272 e. The largest absolute Gasteiger partial charge is 0.285 e. The highest BCUT2D eigenvalue weighted by molar-refractivity contribution is 7.14. The standard InChI is InChI=1S/C10H8N6O4S/c1-3-6(17)15-8(19)5(9(20)16(15)7(3)18)12-14-10-13-11-4(2)21-10/h3,5H,1-2H3/b14-12+. The van der Waals surface area contributed by atoms with Gasteiger partial charge in [0.2, 0.25) is 6.04 Å². The summed E-state index contributed by atoms with van der Waals surface area (Å²) in [5.74, 6) is -4.27. The third-order valence-electron chi connectivity index (χ3n) is 3.02. The summed E-state index contributed by atoms with van der Waals surface area (Å²) in [6.07, 6.45) is 0. The van der Waals surface area contributed by atoms with E-state index in [0.717, 1.165) is 11.3 Å². The molecule has 0 radical (unpaired) electrons. The minimum atomic E-state index is -1.53. The Morgan fingerprint density at radius 3 is 2.05 bits per heavy atom. The Morgan fingerprint density at radius 1 is 1.00 bits per heavy atom. The van der Waals surface area contributed by atoms with Gasteiger partial charge in [-0.1, -0.05) is 11.3 Å². The van der Waals surface area contributed by atoms with Crippen molar-refractivity contribution < 1.29 is 19.2 Å². The van der Waals surface area contributed by atoms with Crippen LogP contribution in [0.5, 0.6) is 0 Å². The van der Waals surface area contributed by atoms with Crippen molar-refractivity contribution in [2.24, 2.45) is 16.1 Å². The van der Waals surface area contributed by atoms with Gasteiger partial charge in [0.25, 0.3) is 28.8 Å². The molecule has 1 aromatic heterocycles. The highest BCUT2D eigenvalue weighted by Crippen LogP contribution is 2.29. The van der Waals surface area contributed by atoms with Gasteiger partial charge in [0.05, 0.1) is 0 Å². The number of aromatic nitrogens is 2. The van der Waals surface area contributed by atoms with Crippen LogP contribution >= 0.6 is 11.3 Å². The molecule has 21 heavy (non-hydrogen) atoms. The summed E-state index contributed by atoms with van der Waals surface area (Å²) < 4.78 is 0. The van der Waals surface area contributed by atoms with Crippen LogP contribution in [0, 0.1) is 12.8 Å². The Morgan fingerprint density at radius 2 is 1.57 bits per heavy atom. The number of hydrogen-bond donors (Lipinski definition) is 0. The number of imide groups is 2. The molecule has 11 heteroatoms. The summed E-state index contributed by atoms with van der Waals surface area (Å²) in [5.41, 5.74) is 0. The molecule has 2 fully saturated rings. The molecule has 3 heterocycles. The fourth-order valence-electron chi connectivity index (χ4n) is 1.95. The van der Waals surface area contributed by atoms with Gasteiger partial charge in [-0.3, -0.25) is 19.2 Å². The van der Waals surface area contributed by atoms with Crippen molar-refractivity contribution in [3.05, 3.63) is 5.01 Å². The maximum absolute atomic E-state index is 12.0. The van der Waals surface area contributed by atoms with Gasteiger partial charge in [0, 0.05) is 0 Å². The van der Waals surface area contributed by atoms with Crippen molar-refractivity contribution in [1.82, 2.24) is 20.2 Å². The van der Waals surface area contributed by atoms with Gasteiger partial charge in [-0.05, 0) is 13.8 Å². The number of carbonyl (C=O) groups is 4. The van der Waals surface area contributed by atoms with Crippen LogP contribution in [0.25, 0.3) is 0 Å². The first-order valence-corrected chi connectivity index (χ1v) is 6.70. The Bertz CT molecular complexity index is 678. The van der Waals surface area contributed by atoms with E-state index in [1.54, 1.807) is 6.92 Å². The van der Waals surface area contributed by atoms with Gasteiger partial charge in [-0.15, -0.1) is 15.3 Å². The van der Waals surface area contributed by atoms with Crippen LogP contribution in [0.3, 0.4) is 0 Å². The van der Waals surface area contributed by atoms with Crippen LogP contribution in [0.2, 0.25) is 0 Å². The number of amides is 4. The maximum Gasteiger partial charge on any atom is 0.285 e. The third kappa shape index (κ3) is 1.85. The number of rotatable bonds is 2. The molecular weight excluding hydrogens is 300 g/mol. The molecular formula is C10H8N6O4S. The molecule has 3 rings (SSSR count). The Balaban J connectivity index is 1.88. The van der Waals surface area contributed by atoms with E-state index in [2.05, 4.69) is 20.4 Å². The van der Waals surface area contributed by atoms with Crippen LogP contribution in [0.1, 0.15) is 11.9 Å². The number of aryl methyl sites for hydroxylation is 1. The molecule has 10 nitrogen and oxygen atoms in total. The average molecular weight is 308 g/mol.